The van der Waals surface area contributed by atoms with Crippen molar-refractivity contribution >= 4 is 16.1 Å². The highest BCUT2D eigenvalue weighted by atomic mass is 32.2. The number of benzene rings is 1. The number of amides is 1. The zero-order chi connectivity index (χ0) is 22.1. The highest BCUT2D eigenvalue weighted by molar-refractivity contribution is 7.87. The lowest BCUT2D eigenvalue weighted by Crippen LogP contribution is -2.53. The molecular formula is C19H26F3N3O4S. The minimum Gasteiger partial charge on any atom is -0.373 e. The number of nitrogens with zero attached hydrogens (tertiary/aromatic N) is 2. The molecule has 11 heteroatoms. The third-order valence-electron chi connectivity index (χ3n) is 5.21. The lowest BCUT2D eigenvalue weighted by molar-refractivity contribution is -0.137. The van der Waals surface area contributed by atoms with E-state index in [1.807, 2.05) is 0 Å². The topological polar surface area (TPSA) is 79.0 Å². The van der Waals surface area contributed by atoms with Crippen LogP contribution in [0.4, 0.5) is 13.2 Å². The second-order valence-corrected chi connectivity index (χ2v) is 9.52. The maximum absolute atomic E-state index is 13.2. The standard InChI is InChI=1S/C19H26F3N3O4S/c1-13-10-25(11-14(2)29-13)30(27,28)23-17(12-24-8-4-7-18(24)26)15-5-3-6-16(9-15)19(20,21)22/h3,5-6,9,13-14,17,23H,4,7-8,10-12H2,1-2H3. The molecule has 3 unspecified atom stereocenters. The number of hydrogen-bond donors (Lipinski definition) is 1. The van der Waals surface area contributed by atoms with Crippen LogP contribution >= 0.6 is 0 Å². The van der Waals surface area contributed by atoms with Gasteiger partial charge in [-0.05, 0) is 38.0 Å². The number of alkyl halides is 3. The van der Waals surface area contributed by atoms with Gasteiger partial charge in [0.25, 0.3) is 10.2 Å². The van der Waals surface area contributed by atoms with Crippen molar-refractivity contribution in [3.63, 3.8) is 0 Å². The lowest BCUT2D eigenvalue weighted by atomic mass is 10.0. The minimum atomic E-state index is -4.56. The summed E-state index contributed by atoms with van der Waals surface area (Å²) in [6.07, 6.45) is -4.19. The van der Waals surface area contributed by atoms with Crippen molar-refractivity contribution < 1.29 is 31.1 Å². The Balaban J connectivity index is 1.89. The number of rotatable bonds is 6. The van der Waals surface area contributed by atoms with Crippen molar-refractivity contribution in [2.24, 2.45) is 0 Å². The summed E-state index contributed by atoms with van der Waals surface area (Å²) in [5.41, 5.74) is -0.715. The van der Waals surface area contributed by atoms with Gasteiger partial charge in [-0.2, -0.15) is 30.6 Å². The summed E-state index contributed by atoms with van der Waals surface area (Å²) in [5.74, 6) is -0.139. The molecule has 1 N–H and O–H groups in total. The summed E-state index contributed by atoms with van der Waals surface area (Å²) in [4.78, 5) is 13.5. The quantitative estimate of drug-likeness (QED) is 0.723. The number of nitrogens with one attached hydrogen (secondary N) is 1. The molecule has 3 atom stereocenters. The van der Waals surface area contributed by atoms with Gasteiger partial charge in [0.2, 0.25) is 5.91 Å². The van der Waals surface area contributed by atoms with E-state index in [-0.39, 0.29) is 43.3 Å². The molecule has 2 saturated heterocycles. The van der Waals surface area contributed by atoms with Gasteiger partial charge in [-0.1, -0.05) is 12.1 Å². The highest BCUT2D eigenvalue weighted by Crippen LogP contribution is 2.31. The average Bonchev–Trinajstić information content (AvgIpc) is 3.04. The number of carbonyl (C=O) groups is 1. The molecule has 7 nitrogen and oxygen atoms in total. The monoisotopic (exact) mass is 449 g/mol. The number of likely N-dealkylation sites (tertiary alicyclic amines) is 1. The van der Waals surface area contributed by atoms with Crippen LogP contribution in [0.5, 0.6) is 0 Å². The van der Waals surface area contributed by atoms with Gasteiger partial charge in [-0.3, -0.25) is 4.79 Å². The molecule has 30 heavy (non-hydrogen) atoms. The van der Waals surface area contributed by atoms with E-state index in [9.17, 15) is 26.4 Å². The average molecular weight is 449 g/mol. The molecule has 2 aliphatic heterocycles. The Labute approximate surface area is 174 Å². The van der Waals surface area contributed by atoms with Gasteiger partial charge in [0, 0.05) is 32.6 Å². The molecule has 2 heterocycles. The van der Waals surface area contributed by atoms with Crippen LogP contribution in [-0.2, 0) is 25.9 Å². The van der Waals surface area contributed by atoms with Gasteiger partial charge < -0.3 is 9.64 Å². The van der Waals surface area contributed by atoms with Gasteiger partial charge in [0.15, 0.2) is 0 Å². The van der Waals surface area contributed by atoms with E-state index in [1.54, 1.807) is 13.8 Å². The first kappa shape index (κ1) is 23.0. The van der Waals surface area contributed by atoms with E-state index in [0.29, 0.717) is 19.4 Å². The second-order valence-electron chi connectivity index (χ2n) is 7.82. The van der Waals surface area contributed by atoms with Crippen molar-refractivity contribution in [1.82, 2.24) is 13.9 Å². The maximum atomic E-state index is 13.2. The zero-order valence-corrected chi connectivity index (χ0v) is 17.7. The normalized spacial score (nSPS) is 25.0. The SMILES string of the molecule is CC1CN(S(=O)(=O)NC(CN2CCCC2=O)c2cccc(C(F)(F)F)c2)CC(C)O1. The van der Waals surface area contributed by atoms with Crippen molar-refractivity contribution in [3.8, 4) is 0 Å². The van der Waals surface area contributed by atoms with Crippen LogP contribution < -0.4 is 4.72 Å². The number of halogens is 3. The van der Waals surface area contributed by atoms with Crippen molar-refractivity contribution in [2.45, 2.75) is 51.1 Å². The third kappa shape index (κ3) is 5.51. The molecule has 2 aliphatic rings. The molecule has 0 spiro atoms. The molecule has 0 aliphatic carbocycles. The molecule has 0 bridgehead atoms. The second kappa shape index (κ2) is 8.81. The maximum Gasteiger partial charge on any atom is 0.416 e. The Morgan fingerprint density at radius 3 is 2.47 bits per heavy atom. The highest BCUT2D eigenvalue weighted by Gasteiger charge is 2.36. The van der Waals surface area contributed by atoms with E-state index in [1.165, 1.54) is 21.3 Å². The van der Waals surface area contributed by atoms with E-state index < -0.39 is 28.0 Å². The zero-order valence-electron chi connectivity index (χ0n) is 16.9. The lowest BCUT2D eigenvalue weighted by Gasteiger charge is -2.36. The molecule has 0 aromatic heterocycles. The Morgan fingerprint density at radius 2 is 1.90 bits per heavy atom. The van der Waals surface area contributed by atoms with Gasteiger partial charge >= 0.3 is 6.18 Å². The number of morpholine rings is 1. The van der Waals surface area contributed by atoms with Gasteiger partial charge in [-0.15, -0.1) is 0 Å². The van der Waals surface area contributed by atoms with Crippen LogP contribution in [0.15, 0.2) is 24.3 Å². The largest absolute Gasteiger partial charge is 0.416 e. The first-order valence-corrected chi connectivity index (χ1v) is 11.3. The van der Waals surface area contributed by atoms with Gasteiger partial charge in [0.05, 0.1) is 23.8 Å². The van der Waals surface area contributed by atoms with E-state index in [0.717, 1.165) is 12.1 Å². The van der Waals surface area contributed by atoms with Gasteiger partial charge in [0.1, 0.15) is 0 Å². The van der Waals surface area contributed by atoms with Crippen molar-refractivity contribution in [2.75, 3.05) is 26.2 Å². The summed E-state index contributed by atoms with van der Waals surface area (Å²) in [5, 5.41) is 0. The molecule has 0 saturated carbocycles. The van der Waals surface area contributed by atoms with Crippen molar-refractivity contribution in [3.05, 3.63) is 35.4 Å². The molecule has 3 rings (SSSR count). The predicted octanol–water partition coefficient (Wildman–Crippen LogP) is 2.31. The fraction of sp³-hybridized carbons (Fsp3) is 0.632. The fourth-order valence-corrected chi connectivity index (χ4v) is 5.37. The third-order valence-corrected chi connectivity index (χ3v) is 6.77. The summed E-state index contributed by atoms with van der Waals surface area (Å²) in [6, 6.07) is 3.53. The smallest absolute Gasteiger partial charge is 0.373 e. The minimum absolute atomic E-state index is 0.0329. The first-order valence-electron chi connectivity index (χ1n) is 9.83. The van der Waals surface area contributed by atoms with Crippen LogP contribution in [0.2, 0.25) is 0 Å². The Hall–Kier alpha value is -1.69. The Kier molecular flexibility index (Phi) is 6.75. The van der Waals surface area contributed by atoms with Gasteiger partial charge in [-0.25, -0.2) is 0 Å². The molecule has 1 amide bonds. The number of carbonyl (C=O) groups excluding carboxylic acids is 1. The van der Waals surface area contributed by atoms with Crippen LogP contribution in [-0.4, -0.2) is 61.9 Å². The van der Waals surface area contributed by atoms with Crippen LogP contribution in [0.3, 0.4) is 0 Å². The summed E-state index contributed by atoms with van der Waals surface area (Å²) in [7, 11) is -4.02. The van der Waals surface area contributed by atoms with Crippen LogP contribution in [0, 0.1) is 0 Å². The Morgan fingerprint density at radius 1 is 1.23 bits per heavy atom. The molecule has 1 aromatic rings. The molecule has 168 valence electrons. The predicted molar refractivity (Wildman–Crippen MR) is 104 cm³/mol. The van der Waals surface area contributed by atoms with Crippen molar-refractivity contribution in [1.29, 1.82) is 0 Å². The summed E-state index contributed by atoms with van der Waals surface area (Å²) < 4.78 is 75.0. The van der Waals surface area contributed by atoms with Crippen LogP contribution in [0.1, 0.15) is 43.9 Å². The van der Waals surface area contributed by atoms with Crippen LogP contribution in [0.25, 0.3) is 0 Å². The summed E-state index contributed by atoms with van der Waals surface area (Å²) in [6.45, 7) is 4.20. The first-order chi connectivity index (χ1) is 14.0. The van der Waals surface area contributed by atoms with E-state index >= 15 is 0 Å². The molecule has 0 radical (unpaired) electrons. The van der Waals surface area contributed by atoms with E-state index in [4.69, 9.17) is 4.74 Å². The molecule has 1 aromatic carbocycles. The molecular weight excluding hydrogens is 423 g/mol. The molecule has 2 fully saturated rings. The van der Waals surface area contributed by atoms with E-state index in [2.05, 4.69) is 4.72 Å². The number of ether oxygens (including phenoxy) is 1. The number of hydrogen-bond acceptors (Lipinski definition) is 4. The summed E-state index contributed by atoms with van der Waals surface area (Å²) >= 11 is 0. The Bertz CT molecular complexity index is 868. The fourth-order valence-electron chi connectivity index (χ4n) is 3.84.